The molecule has 2 unspecified atom stereocenters. The molecule has 2 atom stereocenters. The summed E-state index contributed by atoms with van der Waals surface area (Å²) in [7, 11) is 0. The molecule has 1 saturated heterocycles. The van der Waals surface area contributed by atoms with Crippen molar-refractivity contribution < 1.29 is 5.11 Å². The highest BCUT2D eigenvalue weighted by Gasteiger charge is 2.25. The van der Waals surface area contributed by atoms with Crippen LogP contribution in [0.15, 0.2) is 0 Å². The number of hydrogen-bond acceptors (Lipinski definition) is 2. The second kappa shape index (κ2) is 5.86. The van der Waals surface area contributed by atoms with Crippen LogP contribution in [-0.2, 0) is 0 Å². The summed E-state index contributed by atoms with van der Waals surface area (Å²) in [6.45, 7) is 1.10. The van der Waals surface area contributed by atoms with Crippen molar-refractivity contribution in [3.05, 3.63) is 0 Å². The third kappa shape index (κ3) is 3.46. The Bertz CT molecular complexity index is 169. The highest BCUT2D eigenvalue weighted by Crippen LogP contribution is 2.28. The predicted molar refractivity (Wildman–Crippen MR) is 62.8 cm³/mol. The Morgan fingerprint density at radius 3 is 2.33 bits per heavy atom. The number of hydrogen-bond donors (Lipinski definition) is 2. The lowest BCUT2D eigenvalue weighted by Gasteiger charge is -2.23. The van der Waals surface area contributed by atoms with Crippen LogP contribution in [0.4, 0.5) is 0 Å². The summed E-state index contributed by atoms with van der Waals surface area (Å²) in [6, 6.07) is 0.397. The fourth-order valence-electron chi connectivity index (χ4n) is 3.15. The first-order chi connectivity index (χ1) is 7.36. The zero-order chi connectivity index (χ0) is 10.5. The highest BCUT2D eigenvalue weighted by atomic mass is 16.3. The second-order valence-corrected chi connectivity index (χ2v) is 5.36. The van der Waals surface area contributed by atoms with E-state index in [1.807, 2.05) is 0 Å². The Balaban J connectivity index is 1.73. The maximum atomic E-state index is 10.1. The molecule has 2 rings (SSSR count). The molecule has 15 heavy (non-hydrogen) atoms. The zero-order valence-corrected chi connectivity index (χ0v) is 9.75. The van der Waals surface area contributed by atoms with Gasteiger partial charge in [0.25, 0.3) is 0 Å². The van der Waals surface area contributed by atoms with Gasteiger partial charge < -0.3 is 10.4 Å². The van der Waals surface area contributed by atoms with Crippen LogP contribution in [0.25, 0.3) is 0 Å². The van der Waals surface area contributed by atoms with Crippen LogP contribution < -0.4 is 5.32 Å². The second-order valence-electron chi connectivity index (χ2n) is 5.36. The van der Waals surface area contributed by atoms with Crippen LogP contribution in [-0.4, -0.2) is 23.8 Å². The molecule has 1 aliphatic carbocycles. The summed E-state index contributed by atoms with van der Waals surface area (Å²) < 4.78 is 0. The van der Waals surface area contributed by atoms with Crippen LogP contribution in [0.5, 0.6) is 0 Å². The van der Waals surface area contributed by atoms with E-state index in [1.165, 1.54) is 51.4 Å². The number of aliphatic hydroxyl groups excluding tert-OH is 1. The maximum absolute atomic E-state index is 10.1. The molecular weight excluding hydrogens is 186 g/mol. The lowest BCUT2D eigenvalue weighted by molar-refractivity contribution is 0.104. The first-order valence-electron chi connectivity index (χ1n) is 6.78. The summed E-state index contributed by atoms with van der Waals surface area (Å²) in [5.74, 6) is 0.796. The molecule has 88 valence electrons. The topological polar surface area (TPSA) is 32.3 Å². The lowest BCUT2D eigenvalue weighted by atomic mass is 9.91. The maximum Gasteiger partial charge on any atom is 0.0695 e. The molecule has 0 aromatic carbocycles. The Labute approximate surface area is 93.5 Å². The highest BCUT2D eigenvalue weighted by molar-refractivity contribution is 4.83. The Kier molecular flexibility index (Phi) is 4.45. The van der Waals surface area contributed by atoms with Crippen molar-refractivity contribution in [2.75, 3.05) is 6.54 Å². The molecule has 1 heterocycles. The van der Waals surface area contributed by atoms with E-state index in [1.54, 1.807) is 0 Å². The fourth-order valence-corrected chi connectivity index (χ4v) is 3.15. The van der Waals surface area contributed by atoms with Gasteiger partial charge in [0.1, 0.15) is 0 Å². The minimum absolute atomic E-state index is 0.0874. The van der Waals surface area contributed by atoms with Gasteiger partial charge in [0.2, 0.25) is 0 Å². The molecule has 0 spiro atoms. The molecule has 0 aromatic heterocycles. The normalized spacial score (nSPS) is 31.4. The van der Waals surface area contributed by atoms with E-state index in [-0.39, 0.29) is 6.10 Å². The van der Waals surface area contributed by atoms with Crippen molar-refractivity contribution in [3.8, 4) is 0 Å². The molecule has 2 aliphatic rings. The summed E-state index contributed by atoms with van der Waals surface area (Å²) in [6.07, 6.45) is 11.7. The summed E-state index contributed by atoms with van der Waals surface area (Å²) in [4.78, 5) is 0. The smallest absolute Gasteiger partial charge is 0.0695 e. The van der Waals surface area contributed by atoms with Gasteiger partial charge in [-0.05, 0) is 31.7 Å². The monoisotopic (exact) mass is 211 g/mol. The van der Waals surface area contributed by atoms with E-state index >= 15 is 0 Å². The van der Waals surface area contributed by atoms with Gasteiger partial charge in [-0.3, -0.25) is 0 Å². The van der Waals surface area contributed by atoms with Crippen molar-refractivity contribution in [1.29, 1.82) is 0 Å². The van der Waals surface area contributed by atoms with Gasteiger partial charge in [-0.25, -0.2) is 0 Å². The van der Waals surface area contributed by atoms with Gasteiger partial charge in [-0.2, -0.15) is 0 Å². The summed E-state index contributed by atoms with van der Waals surface area (Å²) in [5, 5.41) is 13.5. The molecule has 0 bridgehead atoms. The van der Waals surface area contributed by atoms with E-state index in [0.29, 0.717) is 6.04 Å². The molecule has 0 radical (unpaired) electrons. The van der Waals surface area contributed by atoms with Gasteiger partial charge in [0.15, 0.2) is 0 Å². The van der Waals surface area contributed by atoms with Gasteiger partial charge in [0, 0.05) is 6.04 Å². The van der Waals surface area contributed by atoms with Crippen molar-refractivity contribution in [2.24, 2.45) is 5.92 Å². The Hall–Kier alpha value is -0.0800. The van der Waals surface area contributed by atoms with Crippen LogP contribution in [0.3, 0.4) is 0 Å². The summed E-state index contributed by atoms with van der Waals surface area (Å²) in [5.41, 5.74) is 0. The molecule has 2 fully saturated rings. The van der Waals surface area contributed by atoms with Gasteiger partial charge >= 0.3 is 0 Å². The number of nitrogens with one attached hydrogen (secondary N) is 1. The molecule has 0 aromatic rings. The van der Waals surface area contributed by atoms with Crippen LogP contribution in [0, 0.1) is 5.92 Å². The van der Waals surface area contributed by atoms with Crippen LogP contribution >= 0.6 is 0 Å². The molecule has 2 N–H and O–H groups in total. The van der Waals surface area contributed by atoms with Crippen molar-refractivity contribution >= 4 is 0 Å². The van der Waals surface area contributed by atoms with E-state index in [2.05, 4.69) is 5.32 Å². The largest absolute Gasteiger partial charge is 0.391 e. The van der Waals surface area contributed by atoms with E-state index < -0.39 is 0 Å². The third-order valence-corrected chi connectivity index (χ3v) is 4.11. The first-order valence-corrected chi connectivity index (χ1v) is 6.78. The molecule has 2 nitrogen and oxygen atoms in total. The first kappa shape index (κ1) is 11.4. The minimum Gasteiger partial charge on any atom is -0.391 e. The van der Waals surface area contributed by atoms with Gasteiger partial charge in [-0.15, -0.1) is 0 Å². The molecule has 1 saturated carbocycles. The van der Waals surface area contributed by atoms with Crippen molar-refractivity contribution in [3.63, 3.8) is 0 Å². The molecule has 0 amide bonds. The van der Waals surface area contributed by atoms with Crippen LogP contribution in [0.1, 0.15) is 57.8 Å². The molecule has 2 heteroatoms. The SMILES string of the molecule is OC(CC1CCCCCC1)C1CCCN1. The average molecular weight is 211 g/mol. The summed E-state index contributed by atoms with van der Waals surface area (Å²) >= 11 is 0. The predicted octanol–water partition coefficient (Wildman–Crippen LogP) is 2.46. The third-order valence-electron chi connectivity index (χ3n) is 4.11. The fraction of sp³-hybridized carbons (Fsp3) is 1.00. The van der Waals surface area contributed by atoms with E-state index in [0.717, 1.165) is 18.9 Å². The van der Waals surface area contributed by atoms with Crippen molar-refractivity contribution in [2.45, 2.75) is 69.9 Å². The van der Waals surface area contributed by atoms with Gasteiger partial charge in [-0.1, -0.05) is 38.5 Å². The Morgan fingerprint density at radius 1 is 1.00 bits per heavy atom. The van der Waals surface area contributed by atoms with Gasteiger partial charge in [0.05, 0.1) is 6.10 Å². The van der Waals surface area contributed by atoms with Crippen molar-refractivity contribution in [1.82, 2.24) is 5.32 Å². The van der Waals surface area contributed by atoms with E-state index in [9.17, 15) is 5.11 Å². The average Bonchev–Trinajstić information content (AvgIpc) is 2.65. The number of rotatable bonds is 3. The van der Waals surface area contributed by atoms with Crippen LogP contribution in [0.2, 0.25) is 0 Å². The standard InChI is InChI=1S/C13H25NO/c15-13(12-8-5-9-14-12)10-11-6-3-1-2-4-7-11/h11-15H,1-10H2. The minimum atomic E-state index is -0.0874. The zero-order valence-electron chi connectivity index (χ0n) is 9.75. The molecule has 1 aliphatic heterocycles. The lowest BCUT2D eigenvalue weighted by Crippen LogP contribution is -2.36. The van der Waals surface area contributed by atoms with E-state index in [4.69, 9.17) is 0 Å². The quantitative estimate of drug-likeness (QED) is 0.703. The Morgan fingerprint density at radius 2 is 1.73 bits per heavy atom. The number of aliphatic hydroxyl groups is 1. The molecular formula is C13H25NO.